The number of benzene rings is 7. The van der Waals surface area contributed by atoms with Crippen molar-refractivity contribution < 1.29 is 12.0 Å². The van der Waals surface area contributed by atoms with Gasteiger partial charge >= 0.3 is 0 Å². The highest BCUT2D eigenvalue weighted by atomic mass is 16.3. The number of aromatic nitrogens is 3. The molecule has 0 saturated heterocycles. The summed E-state index contributed by atoms with van der Waals surface area (Å²) in [7, 11) is 0. The zero-order valence-electron chi connectivity index (χ0n) is 45.4. The molecule has 4 heteroatoms. The van der Waals surface area contributed by atoms with E-state index in [1.165, 1.54) is 0 Å². The van der Waals surface area contributed by atoms with Crippen molar-refractivity contribution in [3.8, 4) is 78.6 Å². The van der Waals surface area contributed by atoms with Gasteiger partial charge in [-0.15, -0.1) is 0 Å². The van der Waals surface area contributed by atoms with Crippen LogP contribution in [0.1, 0.15) is 116 Å². The van der Waals surface area contributed by atoms with Crippen LogP contribution in [0.15, 0.2) is 164 Å². The third kappa shape index (κ3) is 8.86. The molecule has 0 aliphatic carbocycles. The first kappa shape index (κ1) is 39.2. The Morgan fingerprint density at radius 2 is 1.18 bits per heavy atom. The largest absolute Gasteiger partial charge is 0.507 e. The molecule has 0 radical (unpaired) electrons. The molecule has 1 N–H and O–H groups in total. The van der Waals surface area contributed by atoms with Crippen molar-refractivity contribution in [3.05, 3.63) is 192 Å². The van der Waals surface area contributed by atoms with Gasteiger partial charge < -0.3 is 5.11 Å². The highest BCUT2D eigenvalue weighted by Gasteiger charge is 2.29. The van der Waals surface area contributed by atoms with Crippen molar-refractivity contribution in [2.45, 2.75) is 98.7 Å². The van der Waals surface area contributed by atoms with Crippen LogP contribution in [-0.4, -0.2) is 19.6 Å². The number of aryl methyl sites for hydroxylation is 1. The molecule has 2 aromatic heterocycles. The van der Waals surface area contributed by atoms with Crippen molar-refractivity contribution in [2.24, 2.45) is 0 Å². The summed E-state index contributed by atoms with van der Waals surface area (Å²) in [6.07, 6.45) is 1.79. The monoisotopic (exact) mass is 883 g/mol. The van der Waals surface area contributed by atoms with E-state index >= 15 is 0 Å². The molecule has 0 fully saturated rings. The fourth-order valence-electron chi connectivity index (χ4n) is 9.22. The minimum Gasteiger partial charge on any atom is -0.507 e. The van der Waals surface area contributed by atoms with Crippen LogP contribution in [0.4, 0.5) is 0 Å². The van der Waals surface area contributed by atoms with E-state index in [1.807, 2.05) is 88.4 Å². The van der Waals surface area contributed by atoms with Crippen molar-refractivity contribution in [1.82, 2.24) is 14.5 Å². The molecular weight excluding hydrogens is 815 g/mol. The predicted octanol–water partition coefficient (Wildman–Crippen LogP) is 17.3. The van der Waals surface area contributed by atoms with Gasteiger partial charge in [0, 0.05) is 35.4 Å². The topological polar surface area (TPSA) is 50.9 Å². The van der Waals surface area contributed by atoms with E-state index in [0.717, 1.165) is 94.7 Å². The second-order valence-electron chi connectivity index (χ2n) is 20.3. The summed E-state index contributed by atoms with van der Waals surface area (Å²) in [5, 5.41) is 12.5. The van der Waals surface area contributed by atoms with Crippen LogP contribution in [0.25, 0.3) is 83.9 Å². The number of phenols is 1. The number of para-hydroxylation sites is 1. The third-order valence-corrected chi connectivity index (χ3v) is 12.9. The maximum absolute atomic E-state index is 12.5. The lowest BCUT2D eigenvalue weighted by Crippen LogP contribution is -2.17. The molecule has 0 saturated carbocycles. The summed E-state index contributed by atoms with van der Waals surface area (Å²) >= 11 is 0. The zero-order valence-corrected chi connectivity index (χ0v) is 40.4. The smallest absolute Gasteiger partial charge is 0.149 e. The summed E-state index contributed by atoms with van der Waals surface area (Å²) in [6.45, 7) is 18.3. The molecular formula is C63H63N3O. The summed E-state index contributed by atoms with van der Waals surface area (Å²) in [4.78, 5) is 10.5. The van der Waals surface area contributed by atoms with Gasteiger partial charge in [0.15, 0.2) is 0 Å². The fourth-order valence-corrected chi connectivity index (χ4v) is 9.22. The molecule has 0 amide bonds. The van der Waals surface area contributed by atoms with Crippen LogP contribution >= 0.6 is 0 Å². The molecule has 0 unspecified atom stereocenters. The third-order valence-electron chi connectivity index (χ3n) is 12.9. The SMILES string of the molecule is [2H]C([2H])([2H])c1ccc(-c2ccnc(-c3cc(-c4ccccc4)cc(-c4cccc5c4nc(-c4cc(C(C)(C)C)cc(C(C)(C)C)c4O)n5-c4ccc(-c5c(C([2H])(C)C)cccc5C([2H])(C)C)cc4)c3)c2)cc1. The molecule has 9 aromatic rings. The Balaban J connectivity index is 1.29. The molecule has 67 heavy (non-hydrogen) atoms. The molecule has 7 aromatic carbocycles. The first-order valence-corrected chi connectivity index (χ1v) is 23.2. The number of phenolic OH excluding ortho intramolecular Hbond substituents is 1. The van der Waals surface area contributed by atoms with Gasteiger partial charge in [-0.05, 0) is 140 Å². The average Bonchev–Trinajstić information content (AvgIpc) is 3.72. The van der Waals surface area contributed by atoms with Gasteiger partial charge in [-0.25, -0.2) is 4.98 Å². The van der Waals surface area contributed by atoms with Gasteiger partial charge in [-0.3, -0.25) is 9.55 Å². The fraction of sp³-hybridized carbons (Fsp3) is 0.238. The summed E-state index contributed by atoms with van der Waals surface area (Å²) in [5.41, 5.74) is 15.5. The van der Waals surface area contributed by atoms with Gasteiger partial charge in [0.1, 0.15) is 11.6 Å². The normalized spacial score (nSPS) is 13.7. The van der Waals surface area contributed by atoms with Crippen LogP contribution in [-0.2, 0) is 10.8 Å². The van der Waals surface area contributed by atoms with Crippen molar-refractivity contribution >= 4 is 11.0 Å². The second kappa shape index (κ2) is 17.6. The first-order valence-electron chi connectivity index (χ1n) is 25.7. The maximum atomic E-state index is 12.5. The molecule has 4 nitrogen and oxygen atoms in total. The van der Waals surface area contributed by atoms with E-state index in [-0.39, 0.29) is 16.6 Å². The lowest BCUT2D eigenvalue weighted by Gasteiger charge is -2.27. The van der Waals surface area contributed by atoms with Crippen LogP contribution < -0.4 is 0 Å². The summed E-state index contributed by atoms with van der Waals surface area (Å²) in [5.74, 6) is -1.04. The summed E-state index contributed by atoms with van der Waals surface area (Å²) in [6, 6.07) is 52.6. The number of imidazole rings is 1. The lowest BCUT2D eigenvalue weighted by molar-refractivity contribution is 0.446. The number of hydrogen-bond donors (Lipinski definition) is 1. The number of aromatic hydroxyl groups is 1. The van der Waals surface area contributed by atoms with E-state index in [2.05, 4.69) is 131 Å². The Bertz CT molecular complexity index is 3440. The van der Waals surface area contributed by atoms with E-state index in [4.69, 9.17) is 16.8 Å². The average molecular weight is 883 g/mol. The van der Waals surface area contributed by atoms with Gasteiger partial charge in [0.05, 0.1) is 22.3 Å². The van der Waals surface area contributed by atoms with E-state index < -0.39 is 18.6 Å². The zero-order chi connectivity index (χ0) is 51.7. The standard InChI is InChI=1S/C63H63N3O/c1-39(2)51-19-15-20-52(40(3)4)58(51)44-27-29-50(30-28-44)66-57-22-16-21-53(59(57)65-61(66)54-37-49(62(6,7)8)38-55(60(54)67)63(9,10)11)47-33-46(42-17-13-12-14-18-42)34-48(35-47)56-36-45(31-32-64-56)43-25-23-41(5)24-26-43/h12-40,67H,1-11H3/i5D3,39D,40D. The minimum atomic E-state index is -2.19. The molecule has 0 spiro atoms. The van der Waals surface area contributed by atoms with Gasteiger partial charge in [0.25, 0.3) is 0 Å². The Morgan fingerprint density at radius 3 is 1.82 bits per heavy atom. The molecule has 336 valence electrons. The maximum Gasteiger partial charge on any atom is 0.149 e. The number of hydrogen-bond acceptors (Lipinski definition) is 3. The summed E-state index contributed by atoms with van der Waals surface area (Å²) < 4.78 is 44.1. The van der Waals surface area contributed by atoms with Crippen molar-refractivity contribution in [3.63, 3.8) is 0 Å². The quantitative estimate of drug-likeness (QED) is 0.157. The van der Waals surface area contributed by atoms with Crippen LogP contribution in [0.2, 0.25) is 0 Å². The van der Waals surface area contributed by atoms with Crippen molar-refractivity contribution in [2.75, 3.05) is 0 Å². The van der Waals surface area contributed by atoms with Crippen molar-refractivity contribution in [1.29, 1.82) is 0 Å². The predicted molar refractivity (Wildman–Crippen MR) is 283 cm³/mol. The van der Waals surface area contributed by atoms with Crippen LogP contribution in [0, 0.1) is 6.85 Å². The number of nitrogens with zero attached hydrogens (tertiary/aromatic N) is 3. The lowest BCUT2D eigenvalue weighted by atomic mass is 9.79. The Morgan fingerprint density at radius 1 is 0.552 bits per heavy atom. The number of rotatable bonds is 9. The van der Waals surface area contributed by atoms with E-state index in [1.54, 1.807) is 18.3 Å². The number of pyridine rings is 1. The van der Waals surface area contributed by atoms with E-state index in [0.29, 0.717) is 17.0 Å². The minimum absolute atomic E-state index is 0.187. The molecule has 9 rings (SSSR count). The molecule has 0 aliphatic heterocycles. The molecule has 0 aliphatic rings. The Kier molecular flexibility index (Phi) is 10.3. The number of fused-ring (bicyclic) bond motifs is 1. The molecule has 0 bridgehead atoms. The van der Waals surface area contributed by atoms with Crippen LogP contribution in [0.5, 0.6) is 5.75 Å². The van der Waals surface area contributed by atoms with Gasteiger partial charge in [-0.1, -0.05) is 178 Å². The Hall–Kier alpha value is -7.04. The van der Waals surface area contributed by atoms with Gasteiger partial charge in [0.2, 0.25) is 0 Å². The highest BCUT2D eigenvalue weighted by Crippen LogP contribution is 2.45. The molecule has 0 atom stereocenters. The Labute approximate surface area is 405 Å². The van der Waals surface area contributed by atoms with E-state index in [9.17, 15) is 5.11 Å². The van der Waals surface area contributed by atoms with Crippen LogP contribution in [0.3, 0.4) is 0 Å². The first-order chi connectivity index (χ1) is 33.8. The second-order valence-corrected chi connectivity index (χ2v) is 20.3. The van der Waals surface area contributed by atoms with Gasteiger partial charge in [-0.2, -0.15) is 0 Å². The highest BCUT2D eigenvalue weighted by molar-refractivity contribution is 5.98. The molecule has 2 heterocycles.